The number of carbonyl (C=O) groups excluding carboxylic acids is 1. The Labute approximate surface area is 117 Å². The molecule has 3 aromatic rings. The van der Waals surface area contributed by atoms with Crippen LogP contribution < -0.4 is 5.32 Å². The summed E-state index contributed by atoms with van der Waals surface area (Å²) in [7, 11) is 0. The lowest BCUT2D eigenvalue weighted by molar-refractivity contribution is 0.102. The smallest absolute Gasteiger partial charge is 0.277 e. The molecule has 0 radical (unpaired) electrons. The number of amides is 1. The summed E-state index contributed by atoms with van der Waals surface area (Å²) in [6, 6.07) is 3.49. The lowest BCUT2D eigenvalue weighted by Gasteiger charge is -1.96. The fourth-order valence-corrected chi connectivity index (χ4v) is 2.50. The number of anilines is 1. The molecule has 0 aliphatic rings. The van der Waals surface area contributed by atoms with Gasteiger partial charge in [-0.2, -0.15) is 0 Å². The van der Waals surface area contributed by atoms with Crippen LogP contribution in [0, 0.1) is 6.92 Å². The molecule has 3 aromatic heterocycles. The van der Waals surface area contributed by atoms with E-state index in [1.807, 2.05) is 12.3 Å². The number of rotatable bonds is 2. The van der Waals surface area contributed by atoms with E-state index in [1.54, 1.807) is 28.9 Å². The van der Waals surface area contributed by atoms with Gasteiger partial charge < -0.3 is 4.40 Å². The van der Waals surface area contributed by atoms with Crippen molar-refractivity contribution in [2.45, 2.75) is 6.92 Å². The largest absolute Gasteiger partial charge is 0.305 e. The summed E-state index contributed by atoms with van der Waals surface area (Å²) in [5.74, 6) is -0.283. The van der Waals surface area contributed by atoms with Crippen LogP contribution in [0.25, 0.3) is 5.65 Å². The second-order valence-electron chi connectivity index (χ2n) is 3.99. The van der Waals surface area contributed by atoms with Crippen molar-refractivity contribution in [3.8, 4) is 0 Å². The Kier molecular flexibility index (Phi) is 2.96. The molecule has 1 amide bonds. The molecule has 0 unspecified atom stereocenters. The number of thiazole rings is 1. The molecule has 0 aromatic carbocycles. The van der Waals surface area contributed by atoms with Gasteiger partial charge in [0.2, 0.25) is 0 Å². The van der Waals surface area contributed by atoms with E-state index < -0.39 is 0 Å². The van der Waals surface area contributed by atoms with Gasteiger partial charge in [0.25, 0.3) is 5.91 Å². The maximum Gasteiger partial charge on any atom is 0.277 e. The number of halogens is 1. The van der Waals surface area contributed by atoms with Gasteiger partial charge in [-0.3, -0.25) is 10.1 Å². The van der Waals surface area contributed by atoms with E-state index in [1.165, 1.54) is 11.3 Å². The van der Waals surface area contributed by atoms with Gasteiger partial charge in [0.1, 0.15) is 11.3 Å². The Morgan fingerprint density at radius 2 is 2.21 bits per heavy atom. The molecule has 0 aliphatic heterocycles. The van der Waals surface area contributed by atoms with Crippen molar-refractivity contribution in [3.05, 3.63) is 46.3 Å². The Morgan fingerprint density at radius 1 is 1.37 bits per heavy atom. The molecule has 3 heterocycles. The van der Waals surface area contributed by atoms with Gasteiger partial charge in [-0.1, -0.05) is 11.6 Å². The topological polar surface area (TPSA) is 59.3 Å². The Balaban J connectivity index is 1.89. The normalized spacial score (nSPS) is 10.8. The van der Waals surface area contributed by atoms with Gasteiger partial charge in [-0.15, -0.1) is 11.3 Å². The number of hydrogen-bond donors (Lipinski definition) is 1. The standard InChI is InChI=1S/C12H9ClN4OS/c1-7-6-19-12(14-7)16-11(18)9-5-17-4-8(13)2-3-10(17)15-9/h2-6H,1H3,(H,14,16,18). The minimum atomic E-state index is -0.283. The summed E-state index contributed by atoms with van der Waals surface area (Å²) in [5.41, 5.74) is 1.88. The summed E-state index contributed by atoms with van der Waals surface area (Å²) in [6.45, 7) is 1.87. The highest BCUT2D eigenvalue weighted by Gasteiger charge is 2.12. The van der Waals surface area contributed by atoms with E-state index in [9.17, 15) is 4.79 Å². The van der Waals surface area contributed by atoms with Crippen LogP contribution in [-0.2, 0) is 0 Å². The van der Waals surface area contributed by atoms with Gasteiger partial charge in [-0.25, -0.2) is 9.97 Å². The summed E-state index contributed by atoms with van der Waals surface area (Å²) >= 11 is 7.27. The lowest BCUT2D eigenvalue weighted by atomic mass is 10.4. The Hall–Kier alpha value is -1.92. The van der Waals surface area contributed by atoms with Crippen molar-refractivity contribution >= 4 is 39.6 Å². The molecular weight excluding hydrogens is 284 g/mol. The zero-order valence-corrected chi connectivity index (χ0v) is 11.5. The fraction of sp³-hybridized carbons (Fsp3) is 0.0833. The molecule has 0 spiro atoms. The number of carbonyl (C=O) groups is 1. The highest BCUT2D eigenvalue weighted by atomic mass is 35.5. The fourth-order valence-electron chi connectivity index (χ4n) is 1.65. The third kappa shape index (κ3) is 2.45. The Morgan fingerprint density at radius 3 is 2.95 bits per heavy atom. The first-order chi connectivity index (χ1) is 9.11. The average Bonchev–Trinajstić information content (AvgIpc) is 2.95. The van der Waals surface area contributed by atoms with Gasteiger partial charge in [0.05, 0.1) is 10.7 Å². The van der Waals surface area contributed by atoms with Crippen molar-refractivity contribution in [1.82, 2.24) is 14.4 Å². The van der Waals surface area contributed by atoms with Gasteiger partial charge in [-0.05, 0) is 19.1 Å². The van der Waals surface area contributed by atoms with Crippen LogP contribution in [0.2, 0.25) is 5.02 Å². The minimum absolute atomic E-state index is 0.283. The Bertz CT molecular complexity index is 764. The van der Waals surface area contributed by atoms with Crippen LogP contribution in [0.5, 0.6) is 0 Å². The van der Waals surface area contributed by atoms with Crippen molar-refractivity contribution in [2.24, 2.45) is 0 Å². The van der Waals surface area contributed by atoms with E-state index >= 15 is 0 Å². The van der Waals surface area contributed by atoms with Crippen LogP contribution in [0.1, 0.15) is 16.2 Å². The van der Waals surface area contributed by atoms with Crippen molar-refractivity contribution in [1.29, 1.82) is 0 Å². The van der Waals surface area contributed by atoms with E-state index in [0.717, 1.165) is 5.69 Å². The molecule has 96 valence electrons. The quantitative estimate of drug-likeness (QED) is 0.790. The summed E-state index contributed by atoms with van der Waals surface area (Å²) in [6.07, 6.45) is 3.34. The predicted molar refractivity (Wildman–Crippen MR) is 75.0 cm³/mol. The molecule has 0 saturated heterocycles. The van der Waals surface area contributed by atoms with E-state index in [0.29, 0.717) is 21.5 Å². The number of aromatic nitrogens is 3. The molecular formula is C12H9ClN4OS. The molecule has 0 atom stereocenters. The number of pyridine rings is 1. The first-order valence-corrected chi connectivity index (χ1v) is 6.75. The third-order valence-electron chi connectivity index (χ3n) is 2.49. The highest BCUT2D eigenvalue weighted by molar-refractivity contribution is 7.13. The molecule has 0 fully saturated rings. The number of aryl methyl sites for hydroxylation is 1. The molecule has 0 aliphatic carbocycles. The second-order valence-corrected chi connectivity index (χ2v) is 5.28. The molecule has 7 heteroatoms. The third-order valence-corrected chi connectivity index (χ3v) is 3.59. The number of hydrogen-bond acceptors (Lipinski definition) is 4. The average molecular weight is 293 g/mol. The van der Waals surface area contributed by atoms with Gasteiger partial charge in [0.15, 0.2) is 5.13 Å². The van der Waals surface area contributed by atoms with Crippen LogP contribution in [0.4, 0.5) is 5.13 Å². The van der Waals surface area contributed by atoms with Gasteiger partial charge >= 0.3 is 0 Å². The maximum absolute atomic E-state index is 12.0. The van der Waals surface area contributed by atoms with Crippen molar-refractivity contribution in [3.63, 3.8) is 0 Å². The first kappa shape index (κ1) is 12.1. The highest BCUT2D eigenvalue weighted by Crippen LogP contribution is 2.16. The van der Waals surface area contributed by atoms with E-state index in [4.69, 9.17) is 11.6 Å². The van der Waals surface area contributed by atoms with Crippen LogP contribution >= 0.6 is 22.9 Å². The first-order valence-electron chi connectivity index (χ1n) is 5.49. The van der Waals surface area contributed by atoms with Gasteiger partial charge in [0, 0.05) is 17.8 Å². The number of nitrogens with zero attached hydrogens (tertiary/aromatic N) is 3. The zero-order valence-electron chi connectivity index (χ0n) is 9.92. The molecule has 3 rings (SSSR count). The summed E-state index contributed by atoms with van der Waals surface area (Å²) < 4.78 is 1.71. The molecule has 0 saturated carbocycles. The molecule has 1 N–H and O–H groups in total. The van der Waals surface area contributed by atoms with Crippen molar-refractivity contribution < 1.29 is 4.79 Å². The second kappa shape index (κ2) is 4.64. The van der Waals surface area contributed by atoms with Crippen LogP contribution in [0.3, 0.4) is 0 Å². The SMILES string of the molecule is Cc1csc(NC(=O)c2cn3cc(Cl)ccc3n2)n1. The predicted octanol–water partition coefficient (Wildman–Crippen LogP) is 3.00. The monoisotopic (exact) mass is 292 g/mol. The summed E-state index contributed by atoms with van der Waals surface area (Å²) in [5, 5.41) is 5.75. The van der Waals surface area contributed by atoms with E-state index in [2.05, 4.69) is 15.3 Å². The molecule has 19 heavy (non-hydrogen) atoms. The number of imidazole rings is 1. The lowest BCUT2D eigenvalue weighted by Crippen LogP contribution is -2.12. The van der Waals surface area contributed by atoms with Crippen LogP contribution in [-0.4, -0.2) is 20.3 Å². The number of fused-ring (bicyclic) bond motifs is 1. The van der Waals surface area contributed by atoms with E-state index in [-0.39, 0.29) is 5.91 Å². The number of nitrogens with one attached hydrogen (secondary N) is 1. The van der Waals surface area contributed by atoms with Crippen LogP contribution in [0.15, 0.2) is 29.9 Å². The minimum Gasteiger partial charge on any atom is -0.305 e. The molecule has 0 bridgehead atoms. The molecule has 5 nitrogen and oxygen atoms in total. The summed E-state index contributed by atoms with van der Waals surface area (Å²) in [4.78, 5) is 20.4. The maximum atomic E-state index is 12.0. The zero-order chi connectivity index (χ0) is 13.4. The van der Waals surface area contributed by atoms with Crippen molar-refractivity contribution in [2.75, 3.05) is 5.32 Å².